The van der Waals surface area contributed by atoms with Crippen molar-refractivity contribution in [2.75, 3.05) is 5.32 Å². The number of anilines is 1. The van der Waals surface area contributed by atoms with E-state index in [1.54, 1.807) is 6.20 Å². The molecule has 0 unspecified atom stereocenters. The van der Waals surface area contributed by atoms with Gasteiger partial charge in [-0.25, -0.2) is 0 Å². The number of amides is 1. The normalized spacial score (nSPS) is 15.8. The molecule has 1 aromatic carbocycles. The summed E-state index contributed by atoms with van der Waals surface area (Å²) in [5.41, 5.74) is 4.84. The third-order valence-electron chi connectivity index (χ3n) is 4.90. The Hall–Kier alpha value is -3.02. The number of rotatable bonds is 4. The van der Waals surface area contributed by atoms with E-state index >= 15 is 0 Å². The number of carbonyl (C=O) groups excluding carboxylic acids is 1. The molecule has 0 bridgehead atoms. The summed E-state index contributed by atoms with van der Waals surface area (Å²) in [6.45, 7) is 5.95. The highest BCUT2D eigenvalue weighted by atomic mass is 16.5. The van der Waals surface area contributed by atoms with E-state index in [0.29, 0.717) is 11.7 Å². The third-order valence-corrected chi connectivity index (χ3v) is 4.90. The molecule has 2 aromatic heterocycles. The molecule has 1 atom stereocenters. The second-order valence-corrected chi connectivity index (χ2v) is 7.29. The first kappa shape index (κ1) is 17.4. The van der Waals surface area contributed by atoms with Gasteiger partial charge < -0.3 is 9.84 Å². The van der Waals surface area contributed by atoms with Crippen LogP contribution in [0.1, 0.15) is 54.8 Å². The van der Waals surface area contributed by atoms with Gasteiger partial charge in [-0.15, -0.1) is 0 Å². The summed E-state index contributed by atoms with van der Waals surface area (Å²) in [6.07, 6.45) is 3.37. The molecule has 0 fully saturated rings. The minimum atomic E-state index is -0.140. The lowest BCUT2D eigenvalue weighted by Gasteiger charge is -2.13. The van der Waals surface area contributed by atoms with Gasteiger partial charge in [0.25, 0.3) is 0 Å². The topological polar surface area (TPSA) is 80.9 Å². The molecular weight excluding hydrogens is 340 g/mol. The van der Waals surface area contributed by atoms with E-state index in [1.165, 1.54) is 5.56 Å². The molecule has 138 valence electrons. The van der Waals surface area contributed by atoms with Crippen molar-refractivity contribution in [1.29, 1.82) is 0 Å². The second-order valence-electron chi connectivity index (χ2n) is 7.29. The van der Waals surface area contributed by atoms with Crippen LogP contribution in [0, 0.1) is 6.92 Å². The van der Waals surface area contributed by atoms with Crippen LogP contribution in [0.25, 0.3) is 11.4 Å². The summed E-state index contributed by atoms with van der Waals surface area (Å²) >= 11 is 0. The van der Waals surface area contributed by atoms with Crippen LogP contribution in [0.2, 0.25) is 0 Å². The van der Waals surface area contributed by atoms with Crippen LogP contribution < -0.4 is 5.32 Å². The zero-order valence-electron chi connectivity index (χ0n) is 15.7. The Morgan fingerprint density at radius 2 is 2.11 bits per heavy atom. The fourth-order valence-corrected chi connectivity index (χ4v) is 3.47. The number of nitrogens with zero attached hydrogens (tertiary/aromatic N) is 3. The van der Waals surface area contributed by atoms with E-state index in [1.807, 2.05) is 45.0 Å². The van der Waals surface area contributed by atoms with Gasteiger partial charge in [-0.1, -0.05) is 31.1 Å². The van der Waals surface area contributed by atoms with Gasteiger partial charge in [0.05, 0.1) is 5.92 Å². The molecule has 27 heavy (non-hydrogen) atoms. The van der Waals surface area contributed by atoms with E-state index in [-0.39, 0.29) is 17.7 Å². The van der Waals surface area contributed by atoms with Gasteiger partial charge in [-0.2, -0.15) is 4.98 Å². The van der Waals surface area contributed by atoms with E-state index in [0.717, 1.165) is 35.3 Å². The molecule has 1 aliphatic carbocycles. The Morgan fingerprint density at radius 3 is 2.85 bits per heavy atom. The number of fused-ring (bicyclic) bond motifs is 1. The zero-order chi connectivity index (χ0) is 19.0. The van der Waals surface area contributed by atoms with E-state index in [2.05, 4.69) is 26.5 Å². The van der Waals surface area contributed by atoms with Gasteiger partial charge in [0, 0.05) is 29.1 Å². The quantitative estimate of drug-likeness (QED) is 0.751. The summed E-state index contributed by atoms with van der Waals surface area (Å²) in [5.74, 6) is 1.32. The van der Waals surface area contributed by atoms with Crippen molar-refractivity contribution < 1.29 is 9.32 Å². The summed E-state index contributed by atoms with van der Waals surface area (Å²) in [5, 5.41) is 7.09. The number of benzene rings is 1. The van der Waals surface area contributed by atoms with Crippen molar-refractivity contribution in [3.8, 4) is 11.4 Å². The molecule has 0 radical (unpaired) electrons. The Labute approximate surface area is 158 Å². The molecule has 6 heteroatoms. The van der Waals surface area contributed by atoms with Crippen LogP contribution >= 0.6 is 0 Å². The molecule has 1 aliphatic rings. The average molecular weight is 362 g/mol. The van der Waals surface area contributed by atoms with Gasteiger partial charge in [0.2, 0.25) is 17.6 Å². The molecule has 2 heterocycles. The van der Waals surface area contributed by atoms with Gasteiger partial charge in [0.15, 0.2) is 0 Å². The highest BCUT2D eigenvalue weighted by Crippen LogP contribution is 2.36. The van der Waals surface area contributed by atoms with Crippen LogP contribution in [-0.2, 0) is 11.2 Å². The van der Waals surface area contributed by atoms with Crippen molar-refractivity contribution in [1.82, 2.24) is 15.1 Å². The van der Waals surface area contributed by atoms with Crippen LogP contribution in [0.3, 0.4) is 0 Å². The smallest absolute Gasteiger partial charge is 0.231 e. The molecular formula is C21H22N4O2. The highest BCUT2D eigenvalue weighted by Gasteiger charge is 2.29. The monoisotopic (exact) mass is 362 g/mol. The predicted molar refractivity (Wildman–Crippen MR) is 102 cm³/mol. The molecule has 6 nitrogen and oxygen atoms in total. The Balaban J connectivity index is 1.54. The maximum atomic E-state index is 12.8. The standard InChI is InChI=1S/C21H22N4O2/c1-12(2)21-24-19(25-27-21)15-5-6-17-14(11-15)4-7-18(17)20(26)23-16-8-9-22-13(3)10-16/h5-6,8-12,18H,4,7H2,1-3H3,(H,22,23,26)/t18-/m1/s1. The van der Waals surface area contributed by atoms with Crippen molar-refractivity contribution in [2.45, 2.75) is 45.4 Å². The van der Waals surface area contributed by atoms with E-state index in [9.17, 15) is 4.79 Å². The van der Waals surface area contributed by atoms with Crippen molar-refractivity contribution in [3.05, 3.63) is 59.2 Å². The van der Waals surface area contributed by atoms with Crippen LogP contribution in [0.5, 0.6) is 0 Å². The summed E-state index contributed by atoms with van der Waals surface area (Å²) < 4.78 is 5.30. The van der Waals surface area contributed by atoms with Crippen molar-refractivity contribution >= 4 is 11.6 Å². The van der Waals surface area contributed by atoms with Crippen LogP contribution in [-0.4, -0.2) is 21.0 Å². The Morgan fingerprint density at radius 1 is 1.26 bits per heavy atom. The van der Waals surface area contributed by atoms with Crippen molar-refractivity contribution in [3.63, 3.8) is 0 Å². The number of pyridine rings is 1. The van der Waals surface area contributed by atoms with Gasteiger partial charge in [-0.05, 0) is 49.1 Å². The predicted octanol–water partition coefficient (Wildman–Crippen LogP) is 4.23. The van der Waals surface area contributed by atoms with E-state index in [4.69, 9.17) is 4.52 Å². The minimum Gasteiger partial charge on any atom is -0.339 e. The molecule has 0 aliphatic heterocycles. The number of aryl methyl sites for hydroxylation is 2. The third kappa shape index (κ3) is 3.47. The molecule has 1 N–H and O–H groups in total. The number of nitrogens with one attached hydrogen (secondary N) is 1. The summed E-state index contributed by atoms with van der Waals surface area (Å²) in [7, 11) is 0. The Bertz CT molecular complexity index is 993. The average Bonchev–Trinajstić information content (AvgIpc) is 3.28. The van der Waals surface area contributed by atoms with Gasteiger partial charge in [0.1, 0.15) is 0 Å². The lowest BCUT2D eigenvalue weighted by atomic mass is 9.98. The molecule has 4 rings (SSSR count). The highest BCUT2D eigenvalue weighted by molar-refractivity contribution is 5.96. The first-order valence-corrected chi connectivity index (χ1v) is 9.21. The molecule has 1 amide bonds. The van der Waals surface area contributed by atoms with Gasteiger partial charge in [-0.3, -0.25) is 9.78 Å². The lowest BCUT2D eigenvalue weighted by Crippen LogP contribution is -2.19. The molecule has 3 aromatic rings. The van der Waals surface area contributed by atoms with Gasteiger partial charge >= 0.3 is 0 Å². The maximum Gasteiger partial charge on any atom is 0.231 e. The number of hydrogen-bond acceptors (Lipinski definition) is 5. The Kier molecular flexibility index (Phi) is 4.48. The molecule has 0 spiro atoms. The van der Waals surface area contributed by atoms with Crippen molar-refractivity contribution in [2.24, 2.45) is 0 Å². The minimum absolute atomic E-state index is 0.0220. The number of hydrogen-bond donors (Lipinski definition) is 1. The fourth-order valence-electron chi connectivity index (χ4n) is 3.47. The largest absolute Gasteiger partial charge is 0.339 e. The SMILES string of the molecule is Cc1cc(NC(=O)[C@@H]2CCc3cc(-c4noc(C(C)C)n4)ccc32)ccn1. The number of aromatic nitrogens is 3. The molecule has 0 saturated heterocycles. The zero-order valence-corrected chi connectivity index (χ0v) is 15.7. The molecule has 0 saturated carbocycles. The lowest BCUT2D eigenvalue weighted by molar-refractivity contribution is -0.117. The summed E-state index contributed by atoms with van der Waals surface area (Å²) in [6, 6.07) is 9.75. The maximum absolute atomic E-state index is 12.8. The first-order valence-electron chi connectivity index (χ1n) is 9.21. The second kappa shape index (κ2) is 6.95. The van der Waals surface area contributed by atoms with Crippen LogP contribution in [0.15, 0.2) is 41.1 Å². The van der Waals surface area contributed by atoms with Crippen LogP contribution in [0.4, 0.5) is 5.69 Å². The number of carbonyl (C=O) groups is 1. The summed E-state index contributed by atoms with van der Waals surface area (Å²) in [4.78, 5) is 21.4. The van der Waals surface area contributed by atoms with E-state index < -0.39 is 0 Å². The first-order chi connectivity index (χ1) is 13.0. The fraction of sp³-hybridized carbons (Fsp3) is 0.333.